The molecule has 0 spiro atoms. The van der Waals surface area contributed by atoms with Crippen LogP contribution in [0.2, 0.25) is 0 Å². The summed E-state index contributed by atoms with van der Waals surface area (Å²) in [4.78, 5) is 15.5. The predicted octanol–water partition coefficient (Wildman–Crippen LogP) is 1.88. The van der Waals surface area contributed by atoms with Crippen LogP contribution in [0.1, 0.15) is 26.7 Å². The largest absolute Gasteiger partial charge is 0.445 e. The Morgan fingerprint density at radius 2 is 2.25 bits per heavy atom. The number of fused-ring (bicyclic) bond motifs is 1. The molecule has 2 rings (SSSR count). The molecular weight excluding hydrogens is 256 g/mol. The van der Waals surface area contributed by atoms with E-state index in [4.69, 9.17) is 9.47 Å². The van der Waals surface area contributed by atoms with Gasteiger partial charge in [0, 0.05) is 33.6 Å². The van der Waals surface area contributed by atoms with Crippen LogP contribution >= 0.6 is 0 Å². The van der Waals surface area contributed by atoms with E-state index < -0.39 is 0 Å². The van der Waals surface area contributed by atoms with E-state index in [0.29, 0.717) is 6.61 Å². The van der Waals surface area contributed by atoms with E-state index in [2.05, 4.69) is 11.5 Å². The topological polar surface area (TPSA) is 42.0 Å². The lowest BCUT2D eigenvalue weighted by Crippen LogP contribution is -2.43. The van der Waals surface area contributed by atoms with Gasteiger partial charge in [0.25, 0.3) is 0 Å². The van der Waals surface area contributed by atoms with Gasteiger partial charge in [-0.3, -0.25) is 4.90 Å². The highest BCUT2D eigenvalue weighted by Crippen LogP contribution is 2.42. The van der Waals surface area contributed by atoms with Crippen molar-refractivity contribution in [2.45, 2.75) is 44.4 Å². The van der Waals surface area contributed by atoms with Gasteiger partial charge >= 0.3 is 6.09 Å². The van der Waals surface area contributed by atoms with Gasteiger partial charge in [-0.1, -0.05) is 12.2 Å². The molecule has 2 heterocycles. The van der Waals surface area contributed by atoms with Crippen molar-refractivity contribution in [3.63, 3.8) is 0 Å². The average Bonchev–Trinajstić information content (AvgIpc) is 2.78. The third kappa shape index (κ3) is 3.15. The number of hydrogen-bond acceptors (Lipinski definition) is 4. The Morgan fingerprint density at radius 3 is 2.85 bits per heavy atom. The van der Waals surface area contributed by atoms with Crippen LogP contribution in [0.25, 0.3) is 0 Å². The van der Waals surface area contributed by atoms with E-state index in [1.54, 1.807) is 14.1 Å². The van der Waals surface area contributed by atoms with Crippen molar-refractivity contribution < 1.29 is 14.3 Å². The van der Waals surface area contributed by atoms with Gasteiger partial charge in [-0.15, -0.1) is 0 Å². The minimum absolute atomic E-state index is 0.0292. The molecule has 1 amide bonds. The van der Waals surface area contributed by atoms with Crippen LogP contribution < -0.4 is 0 Å². The van der Waals surface area contributed by atoms with Gasteiger partial charge in [0.05, 0.1) is 18.2 Å². The lowest BCUT2D eigenvalue weighted by atomic mass is 9.93. The maximum Gasteiger partial charge on any atom is 0.409 e. The van der Waals surface area contributed by atoms with Crippen molar-refractivity contribution in [2.24, 2.45) is 0 Å². The van der Waals surface area contributed by atoms with Crippen LogP contribution in [0.15, 0.2) is 12.2 Å². The first-order valence-electron chi connectivity index (χ1n) is 7.23. The molecule has 0 radical (unpaired) electrons. The number of carbonyl (C=O) groups is 1. The first-order chi connectivity index (χ1) is 9.32. The molecule has 2 fully saturated rings. The van der Waals surface area contributed by atoms with Gasteiger partial charge in [-0.25, -0.2) is 4.79 Å². The maximum atomic E-state index is 11.7. The second kappa shape index (κ2) is 5.74. The summed E-state index contributed by atoms with van der Waals surface area (Å²) in [5.74, 6) is 0. The molecule has 0 aliphatic carbocycles. The number of amides is 1. The first kappa shape index (κ1) is 15.3. The Bertz CT molecular complexity index is 395. The molecule has 0 unspecified atom stereocenters. The fourth-order valence-corrected chi connectivity index (χ4v) is 3.11. The Morgan fingerprint density at radius 1 is 1.55 bits per heavy atom. The summed E-state index contributed by atoms with van der Waals surface area (Å²) in [6, 6.07) is 0. The zero-order valence-corrected chi connectivity index (χ0v) is 13.0. The zero-order valence-electron chi connectivity index (χ0n) is 13.0. The molecule has 2 saturated heterocycles. The Hall–Kier alpha value is -1.07. The van der Waals surface area contributed by atoms with Crippen molar-refractivity contribution >= 4 is 6.09 Å². The maximum absolute atomic E-state index is 11.7. The van der Waals surface area contributed by atoms with Gasteiger partial charge in [-0.2, -0.15) is 0 Å². The number of rotatable bonds is 4. The third-order valence-corrected chi connectivity index (χ3v) is 4.01. The van der Waals surface area contributed by atoms with Gasteiger partial charge in [0.15, 0.2) is 0 Å². The average molecular weight is 282 g/mol. The Balaban J connectivity index is 2.01. The number of hydrogen-bond donors (Lipinski definition) is 0. The fraction of sp³-hybridized carbons (Fsp3) is 0.800. The SMILES string of the molecule is C=C1CN2C[C@@H](OC(=O)N(C)C)C[C@@]2(COC(C)C)C1. The Kier molecular flexibility index (Phi) is 4.39. The number of ether oxygens (including phenoxy) is 2. The second-order valence-corrected chi connectivity index (χ2v) is 6.50. The summed E-state index contributed by atoms with van der Waals surface area (Å²) in [6.45, 7) is 10.5. The van der Waals surface area contributed by atoms with Crippen molar-refractivity contribution in [3.8, 4) is 0 Å². The summed E-state index contributed by atoms with van der Waals surface area (Å²) in [6.07, 6.45) is 1.67. The highest BCUT2D eigenvalue weighted by atomic mass is 16.6. The van der Waals surface area contributed by atoms with Crippen LogP contribution in [-0.2, 0) is 9.47 Å². The van der Waals surface area contributed by atoms with Crippen LogP contribution in [0, 0.1) is 0 Å². The molecule has 20 heavy (non-hydrogen) atoms. The van der Waals surface area contributed by atoms with Crippen LogP contribution in [0.5, 0.6) is 0 Å². The molecule has 0 aromatic rings. The van der Waals surface area contributed by atoms with Gasteiger partial charge in [0.2, 0.25) is 0 Å². The van der Waals surface area contributed by atoms with Gasteiger partial charge in [-0.05, 0) is 20.3 Å². The quantitative estimate of drug-likeness (QED) is 0.738. The molecule has 114 valence electrons. The summed E-state index contributed by atoms with van der Waals surface area (Å²) >= 11 is 0. The normalized spacial score (nSPS) is 29.9. The van der Waals surface area contributed by atoms with E-state index in [9.17, 15) is 4.79 Å². The number of nitrogens with zero attached hydrogens (tertiary/aromatic N) is 2. The van der Waals surface area contributed by atoms with Crippen LogP contribution in [0.3, 0.4) is 0 Å². The zero-order chi connectivity index (χ0) is 14.9. The standard InChI is InChI=1S/C15H26N2O3/c1-11(2)19-10-15-6-12(3)8-17(15)9-13(7-15)20-14(18)16(4)5/h11,13H,3,6-10H2,1-2,4-5H3/t13-,15+/m0/s1. The van der Waals surface area contributed by atoms with Crippen LogP contribution in [0.4, 0.5) is 4.79 Å². The lowest BCUT2D eigenvalue weighted by molar-refractivity contribution is 0.00213. The van der Waals surface area contributed by atoms with E-state index in [1.165, 1.54) is 10.5 Å². The molecule has 0 saturated carbocycles. The molecule has 2 aliphatic rings. The molecule has 0 N–H and O–H groups in total. The monoisotopic (exact) mass is 282 g/mol. The molecule has 5 heteroatoms. The molecular formula is C15H26N2O3. The highest BCUT2D eigenvalue weighted by molar-refractivity contribution is 5.67. The smallest absolute Gasteiger partial charge is 0.409 e. The van der Waals surface area contributed by atoms with Crippen molar-refractivity contribution in [1.29, 1.82) is 0 Å². The van der Waals surface area contributed by atoms with E-state index in [1.807, 2.05) is 13.8 Å². The minimum Gasteiger partial charge on any atom is -0.445 e. The summed E-state index contributed by atoms with van der Waals surface area (Å²) in [7, 11) is 3.41. The molecule has 5 nitrogen and oxygen atoms in total. The Labute approximate surface area is 121 Å². The molecule has 2 atom stereocenters. The van der Waals surface area contributed by atoms with E-state index in [-0.39, 0.29) is 23.8 Å². The summed E-state index contributed by atoms with van der Waals surface area (Å²) < 4.78 is 11.4. The number of carbonyl (C=O) groups excluding carboxylic acids is 1. The molecule has 0 aromatic carbocycles. The fourth-order valence-electron chi connectivity index (χ4n) is 3.11. The molecule has 0 bridgehead atoms. The second-order valence-electron chi connectivity index (χ2n) is 6.50. The van der Waals surface area contributed by atoms with E-state index >= 15 is 0 Å². The van der Waals surface area contributed by atoms with Crippen molar-refractivity contribution in [3.05, 3.63) is 12.2 Å². The third-order valence-electron chi connectivity index (χ3n) is 4.01. The van der Waals surface area contributed by atoms with Crippen LogP contribution in [-0.4, -0.2) is 67.4 Å². The minimum atomic E-state index is -0.269. The van der Waals surface area contributed by atoms with Gasteiger partial charge < -0.3 is 14.4 Å². The van der Waals surface area contributed by atoms with Gasteiger partial charge in [0.1, 0.15) is 6.10 Å². The molecule has 0 aromatic heterocycles. The summed E-state index contributed by atoms with van der Waals surface area (Å²) in [5.41, 5.74) is 1.22. The summed E-state index contributed by atoms with van der Waals surface area (Å²) in [5, 5.41) is 0. The molecule has 2 aliphatic heterocycles. The lowest BCUT2D eigenvalue weighted by Gasteiger charge is -2.31. The highest BCUT2D eigenvalue weighted by Gasteiger charge is 2.51. The predicted molar refractivity (Wildman–Crippen MR) is 77.7 cm³/mol. The van der Waals surface area contributed by atoms with Crippen molar-refractivity contribution in [1.82, 2.24) is 9.80 Å². The first-order valence-corrected chi connectivity index (χ1v) is 7.23. The van der Waals surface area contributed by atoms with Crippen molar-refractivity contribution in [2.75, 3.05) is 33.8 Å². The van der Waals surface area contributed by atoms with E-state index in [0.717, 1.165) is 25.9 Å².